The van der Waals surface area contributed by atoms with Crippen molar-refractivity contribution in [2.75, 3.05) is 28.0 Å². The molecule has 1 aliphatic heterocycles. The van der Waals surface area contributed by atoms with Crippen LogP contribution in [0.2, 0.25) is 10.0 Å². The normalized spacial score (nSPS) is 13.8. The lowest BCUT2D eigenvalue weighted by Gasteiger charge is -2.22. The molecule has 10 heteroatoms. The van der Waals surface area contributed by atoms with Crippen LogP contribution in [0.1, 0.15) is 23.3 Å². The van der Waals surface area contributed by atoms with E-state index in [9.17, 15) is 13.2 Å². The SMILES string of the molecule is O=C(Nc1cc(S(=O)(=O)Nc2cc(Cl)ccc2Cl)ccc1N1CCCC1)c1ccccn1. The van der Waals surface area contributed by atoms with Crippen molar-refractivity contribution >= 4 is 56.2 Å². The number of carbonyl (C=O) groups is 1. The van der Waals surface area contributed by atoms with Crippen LogP contribution >= 0.6 is 23.2 Å². The molecule has 7 nitrogen and oxygen atoms in total. The molecule has 0 spiro atoms. The summed E-state index contributed by atoms with van der Waals surface area (Å²) in [6.45, 7) is 1.66. The minimum atomic E-state index is -3.99. The Hall–Kier alpha value is -2.81. The lowest BCUT2D eigenvalue weighted by atomic mass is 10.2. The molecule has 0 atom stereocenters. The predicted molar refractivity (Wildman–Crippen MR) is 127 cm³/mol. The van der Waals surface area contributed by atoms with Crippen molar-refractivity contribution in [3.63, 3.8) is 0 Å². The number of halogens is 2. The van der Waals surface area contributed by atoms with Crippen LogP contribution in [0, 0.1) is 0 Å². The number of benzene rings is 2. The van der Waals surface area contributed by atoms with Crippen LogP contribution < -0.4 is 14.9 Å². The predicted octanol–water partition coefficient (Wildman–Crippen LogP) is 5.04. The molecule has 1 aromatic heterocycles. The second kappa shape index (κ2) is 9.36. The van der Waals surface area contributed by atoms with Crippen molar-refractivity contribution in [2.45, 2.75) is 17.7 Å². The summed E-state index contributed by atoms with van der Waals surface area (Å²) >= 11 is 12.1. The Balaban J connectivity index is 1.69. The van der Waals surface area contributed by atoms with Gasteiger partial charge in [0.2, 0.25) is 0 Å². The second-order valence-corrected chi connectivity index (χ2v) is 9.80. The van der Waals surface area contributed by atoms with Crippen molar-refractivity contribution in [3.05, 3.63) is 76.5 Å². The fraction of sp³-hybridized carbons (Fsp3) is 0.182. The van der Waals surface area contributed by atoms with Crippen LogP contribution in [0.3, 0.4) is 0 Å². The summed E-state index contributed by atoms with van der Waals surface area (Å²) in [5.74, 6) is -0.425. The maximum absolute atomic E-state index is 13.1. The van der Waals surface area contributed by atoms with Gasteiger partial charge in [-0.2, -0.15) is 0 Å². The summed E-state index contributed by atoms with van der Waals surface area (Å²) in [5.41, 5.74) is 1.55. The monoisotopic (exact) mass is 490 g/mol. The molecule has 2 heterocycles. The first-order valence-corrected chi connectivity index (χ1v) is 12.2. The minimum absolute atomic E-state index is 0.0205. The summed E-state index contributed by atoms with van der Waals surface area (Å²) in [6.07, 6.45) is 3.58. The molecule has 1 saturated heterocycles. The Labute approximate surface area is 196 Å². The van der Waals surface area contributed by atoms with Crippen molar-refractivity contribution in [2.24, 2.45) is 0 Å². The van der Waals surface area contributed by atoms with E-state index in [2.05, 4.69) is 19.9 Å². The highest BCUT2D eigenvalue weighted by Gasteiger charge is 2.22. The van der Waals surface area contributed by atoms with Crippen molar-refractivity contribution in [1.29, 1.82) is 0 Å². The number of anilines is 3. The quantitative estimate of drug-likeness (QED) is 0.504. The molecule has 2 aromatic carbocycles. The Morgan fingerprint density at radius 2 is 1.75 bits per heavy atom. The maximum atomic E-state index is 13.1. The molecule has 4 rings (SSSR count). The number of amides is 1. The first-order valence-electron chi connectivity index (χ1n) is 9.93. The second-order valence-electron chi connectivity index (χ2n) is 7.27. The Bertz CT molecular complexity index is 1250. The van der Waals surface area contributed by atoms with E-state index in [1.807, 2.05) is 0 Å². The zero-order valence-corrected chi connectivity index (χ0v) is 19.2. The lowest BCUT2D eigenvalue weighted by molar-refractivity contribution is 0.102. The van der Waals surface area contributed by atoms with Crippen molar-refractivity contribution in [1.82, 2.24) is 4.98 Å². The minimum Gasteiger partial charge on any atom is -0.370 e. The Morgan fingerprint density at radius 1 is 0.969 bits per heavy atom. The molecule has 0 radical (unpaired) electrons. The van der Waals surface area contributed by atoms with E-state index in [1.54, 1.807) is 30.3 Å². The molecule has 0 bridgehead atoms. The van der Waals surface area contributed by atoms with Crippen LogP contribution in [-0.2, 0) is 10.0 Å². The first-order chi connectivity index (χ1) is 15.3. The first kappa shape index (κ1) is 22.4. The van der Waals surface area contributed by atoms with E-state index < -0.39 is 15.9 Å². The smallest absolute Gasteiger partial charge is 0.274 e. The zero-order chi connectivity index (χ0) is 22.7. The van der Waals surface area contributed by atoms with E-state index in [-0.39, 0.29) is 21.3 Å². The molecule has 0 saturated carbocycles. The molecule has 3 aromatic rings. The van der Waals surface area contributed by atoms with Crippen LogP contribution in [0.5, 0.6) is 0 Å². The topological polar surface area (TPSA) is 91.4 Å². The number of hydrogen-bond acceptors (Lipinski definition) is 5. The summed E-state index contributed by atoms with van der Waals surface area (Å²) in [4.78, 5) is 18.9. The molecule has 1 fully saturated rings. The van der Waals surface area contributed by atoms with Crippen LogP contribution in [0.25, 0.3) is 0 Å². The standard InChI is InChI=1S/C22H20Cl2N4O3S/c23-15-6-8-17(24)19(13-15)27-32(30,31)16-7-9-21(28-11-3-4-12-28)20(14-16)26-22(29)18-5-1-2-10-25-18/h1-2,5-10,13-14,27H,3-4,11-12H2,(H,26,29). The van der Waals surface area contributed by atoms with E-state index in [0.29, 0.717) is 10.7 Å². The fourth-order valence-electron chi connectivity index (χ4n) is 3.48. The molecule has 166 valence electrons. The van der Waals surface area contributed by atoms with Gasteiger partial charge in [-0.3, -0.25) is 14.5 Å². The lowest BCUT2D eigenvalue weighted by Crippen LogP contribution is -2.22. The molecule has 32 heavy (non-hydrogen) atoms. The number of carbonyl (C=O) groups excluding carboxylic acids is 1. The number of nitrogens with zero attached hydrogens (tertiary/aromatic N) is 2. The van der Waals surface area contributed by atoms with Gasteiger partial charge in [0.15, 0.2) is 0 Å². The molecular formula is C22H20Cl2N4O3S. The van der Waals surface area contributed by atoms with Crippen molar-refractivity contribution in [3.8, 4) is 0 Å². The molecule has 0 aliphatic carbocycles. The number of rotatable bonds is 6. The molecule has 1 amide bonds. The van der Waals surface area contributed by atoms with Gasteiger partial charge in [-0.05, 0) is 61.4 Å². The third-order valence-corrected chi connectivity index (χ3v) is 6.97. The molecule has 1 aliphatic rings. The summed E-state index contributed by atoms with van der Waals surface area (Å²) in [6, 6.07) is 14.2. The average Bonchev–Trinajstić information content (AvgIpc) is 3.31. The summed E-state index contributed by atoms with van der Waals surface area (Å²) in [7, 11) is -3.99. The van der Waals surface area contributed by atoms with Crippen molar-refractivity contribution < 1.29 is 13.2 Å². The van der Waals surface area contributed by atoms with Gasteiger partial charge >= 0.3 is 0 Å². The van der Waals surface area contributed by atoms with E-state index in [4.69, 9.17) is 23.2 Å². The number of nitrogens with one attached hydrogen (secondary N) is 2. The zero-order valence-electron chi connectivity index (χ0n) is 16.9. The van der Waals surface area contributed by atoms with E-state index >= 15 is 0 Å². The van der Waals surface area contributed by atoms with Gasteiger partial charge in [-0.15, -0.1) is 0 Å². The summed E-state index contributed by atoms with van der Waals surface area (Å²) < 4.78 is 28.6. The third kappa shape index (κ3) is 4.98. The van der Waals surface area contributed by atoms with E-state index in [1.165, 1.54) is 30.5 Å². The molecular weight excluding hydrogens is 471 g/mol. The van der Waals surface area contributed by atoms with Gasteiger partial charge in [-0.1, -0.05) is 29.3 Å². The molecule has 0 unspecified atom stereocenters. The fourth-order valence-corrected chi connectivity index (χ4v) is 4.97. The number of sulfonamides is 1. The van der Waals surface area contributed by atoms with Gasteiger partial charge in [-0.25, -0.2) is 8.42 Å². The Morgan fingerprint density at radius 3 is 2.47 bits per heavy atom. The van der Waals surface area contributed by atoms with Gasteiger partial charge in [0.25, 0.3) is 15.9 Å². The summed E-state index contributed by atoms with van der Waals surface area (Å²) in [5, 5.41) is 3.38. The van der Waals surface area contributed by atoms with Gasteiger partial charge in [0.1, 0.15) is 5.69 Å². The third-order valence-electron chi connectivity index (χ3n) is 5.04. The van der Waals surface area contributed by atoms with Gasteiger partial charge < -0.3 is 10.2 Å². The molecule has 2 N–H and O–H groups in total. The van der Waals surface area contributed by atoms with Gasteiger partial charge in [0.05, 0.1) is 27.0 Å². The van der Waals surface area contributed by atoms with Crippen LogP contribution in [0.15, 0.2) is 65.7 Å². The number of hydrogen-bond donors (Lipinski definition) is 2. The average molecular weight is 491 g/mol. The van der Waals surface area contributed by atoms with Crippen LogP contribution in [0.4, 0.5) is 17.1 Å². The highest BCUT2D eigenvalue weighted by atomic mass is 35.5. The highest BCUT2D eigenvalue weighted by molar-refractivity contribution is 7.92. The van der Waals surface area contributed by atoms with Crippen LogP contribution in [-0.4, -0.2) is 32.4 Å². The van der Waals surface area contributed by atoms with Gasteiger partial charge in [0, 0.05) is 24.3 Å². The Kier molecular flexibility index (Phi) is 6.55. The maximum Gasteiger partial charge on any atom is 0.274 e. The number of aromatic nitrogens is 1. The largest absolute Gasteiger partial charge is 0.370 e. The van der Waals surface area contributed by atoms with E-state index in [0.717, 1.165) is 31.6 Å². The number of pyridine rings is 1. The highest BCUT2D eigenvalue weighted by Crippen LogP contribution is 2.33.